The van der Waals surface area contributed by atoms with Gasteiger partial charge in [-0.2, -0.15) is 0 Å². The van der Waals surface area contributed by atoms with Gasteiger partial charge in [0.15, 0.2) is 0 Å². The number of hydrogen-bond donors (Lipinski definition) is 1. The number of piperazine rings is 1. The van der Waals surface area contributed by atoms with E-state index < -0.39 is 0 Å². The average molecular weight is 293 g/mol. The first-order valence-corrected chi connectivity index (χ1v) is 7.55. The van der Waals surface area contributed by atoms with Crippen molar-refractivity contribution in [1.82, 2.24) is 15.1 Å². The molecule has 2 rings (SSSR count). The van der Waals surface area contributed by atoms with Gasteiger partial charge in [0.2, 0.25) is 5.91 Å². The topological polar surface area (TPSA) is 35.6 Å². The molecule has 5 heteroatoms. The van der Waals surface area contributed by atoms with E-state index in [9.17, 15) is 9.18 Å². The van der Waals surface area contributed by atoms with Gasteiger partial charge in [-0.1, -0.05) is 12.1 Å². The van der Waals surface area contributed by atoms with E-state index in [1.165, 1.54) is 12.1 Å². The second-order valence-electron chi connectivity index (χ2n) is 5.62. The normalized spacial score (nSPS) is 16.9. The SMILES string of the molecule is CN1CCN(CCC(=O)NCCc2ccc(F)cc2)CC1. The lowest BCUT2D eigenvalue weighted by Gasteiger charge is -2.32. The summed E-state index contributed by atoms with van der Waals surface area (Å²) in [5.74, 6) is -0.133. The highest BCUT2D eigenvalue weighted by Gasteiger charge is 2.14. The van der Waals surface area contributed by atoms with Gasteiger partial charge in [-0.25, -0.2) is 4.39 Å². The van der Waals surface area contributed by atoms with Crippen molar-refractivity contribution in [3.63, 3.8) is 0 Å². The van der Waals surface area contributed by atoms with Gasteiger partial charge in [0.1, 0.15) is 5.82 Å². The van der Waals surface area contributed by atoms with E-state index >= 15 is 0 Å². The Morgan fingerprint density at radius 2 is 1.86 bits per heavy atom. The molecule has 0 radical (unpaired) electrons. The van der Waals surface area contributed by atoms with E-state index in [0.717, 1.165) is 44.7 Å². The zero-order valence-electron chi connectivity index (χ0n) is 12.6. The van der Waals surface area contributed by atoms with Crippen LogP contribution in [0.3, 0.4) is 0 Å². The van der Waals surface area contributed by atoms with E-state index in [4.69, 9.17) is 0 Å². The highest BCUT2D eigenvalue weighted by molar-refractivity contribution is 5.76. The van der Waals surface area contributed by atoms with Gasteiger partial charge in [-0.15, -0.1) is 0 Å². The lowest BCUT2D eigenvalue weighted by Crippen LogP contribution is -2.45. The molecule has 0 spiro atoms. The fourth-order valence-electron chi connectivity index (χ4n) is 2.42. The van der Waals surface area contributed by atoms with Gasteiger partial charge < -0.3 is 15.1 Å². The van der Waals surface area contributed by atoms with Crippen molar-refractivity contribution >= 4 is 5.91 Å². The van der Waals surface area contributed by atoms with Gasteiger partial charge in [0.25, 0.3) is 0 Å². The number of amides is 1. The molecule has 1 N–H and O–H groups in total. The second kappa shape index (κ2) is 8.10. The molecule has 1 heterocycles. The Hall–Kier alpha value is -1.46. The van der Waals surface area contributed by atoms with Crippen LogP contribution in [-0.4, -0.2) is 62.0 Å². The molecule has 1 fully saturated rings. The van der Waals surface area contributed by atoms with Gasteiger partial charge in [0.05, 0.1) is 0 Å². The third kappa shape index (κ3) is 5.81. The van der Waals surface area contributed by atoms with Crippen molar-refractivity contribution in [3.8, 4) is 0 Å². The Labute approximate surface area is 125 Å². The molecule has 21 heavy (non-hydrogen) atoms. The van der Waals surface area contributed by atoms with Crippen molar-refractivity contribution in [1.29, 1.82) is 0 Å². The van der Waals surface area contributed by atoms with Gasteiger partial charge in [0, 0.05) is 45.7 Å². The number of nitrogens with one attached hydrogen (secondary N) is 1. The average Bonchev–Trinajstić information content (AvgIpc) is 2.49. The van der Waals surface area contributed by atoms with Crippen LogP contribution < -0.4 is 5.32 Å². The summed E-state index contributed by atoms with van der Waals surface area (Å²) >= 11 is 0. The van der Waals surface area contributed by atoms with Crippen LogP contribution in [0.1, 0.15) is 12.0 Å². The molecule has 1 amide bonds. The van der Waals surface area contributed by atoms with Crippen LogP contribution in [-0.2, 0) is 11.2 Å². The number of benzene rings is 1. The van der Waals surface area contributed by atoms with Gasteiger partial charge >= 0.3 is 0 Å². The summed E-state index contributed by atoms with van der Waals surface area (Å²) in [5, 5.41) is 2.92. The molecule has 4 nitrogen and oxygen atoms in total. The largest absolute Gasteiger partial charge is 0.356 e. The molecule has 0 bridgehead atoms. The smallest absolute Gasteiger partial charge is 0.221 e. The molecular weight excluding hydrogens is 269 g/mol. The maximum atomic E-state index is 12.8. The summed E-state index contributed by atoms with van der Waals surface area (Å²) in [5.41, 5.74) is 1.04. The molecular formula is C16H24FN3O. The van der Waals surface area contributed by atoms with Crippen LogP contribution in [0, 0.1) is 5.82 Å². The highest BCUT2D eigenvalue weighted by Crippen LogP contribution is 2.03. The van der Waals surface area contributed by atoms with Crippen molar-refractivity contribution in [2.45, 2.75) is 12.8 Å². The zero-order valence-corrected chi connectivity index (χ0v) is 12.6. The zero-order chi connectivity index (χ0) is 15.1. The standard InChI is InChI=1S/C16H24FN3O/c1-19-10-12-20(13-11-19)9-7-16(21)18-8-6-14-2-4-15(17)5-3-14/h2-5H,6-13H2,1H3,(H,18,21). The molecule has 1 aliphatic heterocycles. The van der Waals surface area contributed by atoms with E-state index in [1.54, 1.807) is 12.1 Å². The Morgan fingerprint density at radius 1 is 1.19 bits per heavy atom. The maximum Gasteiger partial charge on any atom is 0.221 e. The predicted molar refractivity (Wildman–Crippen MR) is 81.7 cm³/mol. The first-order valence-electron chi connectivity index (χ1n) is 7.55. The van der Waals surface area contributed by atoms with Crippen molar-refractivity contribution < 1.29 is 9.18 Å². The van der Waals surface area contributed by atoms with Crippen LogP contribution in [0.4, 0.5) is 4.39 Å². The number of hydrogen-bond acceptors (Lipinski definition) is 3. The summed E-state index contributed by atoms with van der Waals surface area (Å²) in [7, 11) is 2.12. The lowest BCUT2D eigenvalue weighted by atomic mass is 10.1. The van der Waals surface area contributed by atoms with E-state index in [2.05, 4.69) is 22.2 Å². The van der Waals surface area contributed by atoms with Crippen LogP contribution in [0.25, 0.3) is 0 Å². The summed E-state index contributed by atoms with van der Waals surface area (Å²) in [6.07, 6.45) is 1.29. The Bertz CT molecular complexity index is 441. The molecule has 1 aromatic carbocycles. The number of halogens is 1. The number of carbonyl (C=O) groups is 1. The van der Waals surface area contributed by atoms with E-state index in [1.807, 2.05) is 0 Å². The van der Waals surface area contributed by atoms with Crippen LogP contribution >= 0.6 is 0 Å². The molecule has 1 saturated heterocycles. The first kappa shape index (κ1) is 15.9. The third-order valence-corrected chi connectivity index (χ3v) is 3.90. The van der Waals surface area contributed by atoms with Crippen LogP contribution in [0.5, 0.6) is 0 Å². The summed E-state index contributed by atoms with van der Waals surface area (Å²) in [6, 6.07) is 6.41. The molecule has 1 aromatic rings. The lowest BCUT2D eigenvalue weighted by molar-refractivity contribution is -0.121. The van der Waals surface area contributed by atoms with Crippen molar-refractivity contribution in [3.05, 3.63) is 35.6 Å². The van der Waals surface area contributed by atoms with Gasteiger partial charge in [-0.05, 0) is 31.2 Å². The van der Waals surface area contributed by atoms with Gasteiger partial charge in [-0.3, -0.25) is 4.79 Å². The predicted octanol–water partition coefficient (Wildman–Crippen LogP) is 1.12. The summed E-state index contributed by atoms with van der Waals surface area (Å²) in [4.78, 5) is 16.4. The molecule has 0 unspecified atom stereocenters. The third-order valence-electron chi connectivity index (χ3n) is 3.90. The monoisotopic (exact) mass is 293 g/mol. The first-order chi connectivity index (χ1) is 10.1. The number of carbonyl (C=O) groups excluding carboxylic acids is 1. The fraction of sp³-hybridized carbons (Fsp3) is 0.562. The molecule has 0 saturated carbocycles. The minimum Gasteiger partial charge on any atom is -0.356 e. The van der Waals surface area contributed by atoms with Crippen LogP contribution in [0.15, 0.2) is 24.3 Å². The number of likely N-dealkylation sites (N-methyl/N-ethyl adjacent to an activating group) is 1. The Balaban J connectivity index is 1.58. The number of nitrogens with zero attached hydrogens (tertiary/aromatic N) is 2. The maximum absolute atomic E-state index is 12.8. The molecule has 0 aliphatic carbocycles. The molecule has 116 valence electrons. The molecule has 1 aliphatic rings. The van der Waals surface area contributed by atoms with Crippen molar-refractivity contribution in [2.75, 3.05) is 46.3 Å². The molecule has 0 atom stereocenters. The Morgan fingerprint density at radius 3 is 2.52 bits per heavy atom. The minimum atomic E-state index is -0.227. The minimum absolute atomic E-state index is 0.0936. The summed E-state index contributed by atoms with van der Waals surface area (Å²) < 4.78 is 12.8. The van der Waals surface area contributed by atoms with Crippen LogP contribution in [0.2, 0.25) is 0 Å². The van der Waals surface area contributed by atoms with E-state index in [0.29, 0.717) is 13.0 Å². The number of rotatable bonds is 6. The van der Waals surface area contributed by atoms with Crippen molar-refractivity contribution in [2.24, 2.45) is 0 Å². The second-order valence-corrected chi connectivity index (χ2v) is 5.62. The Kier molecular flexibility index (Phi) is 6.14. The van der Waals surface area contributed by atoms with E-state index in [-0.39, 0.29) is 11.7 Å². The molecule has 0 aromatic heterocycles. The highest BCUT2D eigenvalue weighted by atomic mass is 19.1. The quantitative estimate of drug-likeness (QED) is 0.854. The fourth-order valence-corrected chi connectivity index (χ4v) is 2.42. The summed E-state index contributed by atoms with van der Waals surface area (Å²) in [6.45, 7) is 5.67.